The smallest absolute Gasteiger partial charge is 0.471 e. The summed E-state index contributed by atoms with van der Waals surface area (Å²) in [6.07, 6.45) is -8.73. The van der Waals surface area contributed by atoms with Gasteiger partial charge in [-0.3, -0.25) is 19.1 Å². The van der Waals surface area contributed by atoms with E-state index in [0.29, 0.717) is 28.2 Å². The van der Waals surface area contributed by atoms with Gasteiger partial charge in [-0.15, -0.1) is 0 Å². The van der Waals surface area contributed by atoms with Gasteiger partial charge in [-0.05, 0) is 41.0 Å². The molecule has 0 bridgehead atoms. The van der Waals surface area contributed by atoms with Crippen molar-refractivity contribution in [3.8, 4) is 11.5 Å². The zero-order valence-corrected chi connectivity index (χ0v) is 27.5. The third kappa shape index (κ3) is 5.95. The van der Waals surface area contributed by atoms with Crippen LogP contribution in [0.3, 0.4) is 0 Å². The van der Waals surface area contributed by atoms with Crippen molar-refractivity contribution in [2.24, 2.45) is 0 Å². The van der Waals surface area contributed by atoms with E-state index in [-0.39, 0.29) is 4.90 Å². The van der Waals surface area contributed by atoms with Gasteiger partial charge in [-0.2, -0.15) is 13.2 Å². The molecule has 0 saturated carbocycles. The molecule has 0 radical (unpaired) electrons. The topological polar surface area (TPSA) is 153 Å². The van der Waals surface area contributed by atoms with Crippen molar-refractivity contribution >= 4 is 5.91 Å². The van der Waals surface area contributed by atoms with Crippen molar-refractivity contribution in [2.45, 2.75) is 42.2 Å². The molecule has 1 fully saturated rings. The first-order chi connectivity index (χ1) is 23.8. The number of benzene rings is 3. The average Bonchev–Trinajstić information content (AvgIpc) is 3.41. The molecular weight excluding hydrogens is 663 g/mol. The number of rotatable bonds is 11. The number of alkyl halides is 3. The Morgan fingerprint density at radius 1 is 0.920 bits per heavy atom. The van der Waals surface area contributed by atoms with Crippen LogP contribution in [0.15, 0.2) is 94.6 Å². The third-order valence-corrected chi connectivity index (χ3v) is 9.00. The SMILES string of the molecule is COc1ccc(C(c2ccccc2)(c2ccc(OC)cc2)[C@@]2(n3cc(CN(C)C(=O)C(F)(F)F)c(=O)[nH]c3=O)O[C@H](CO)[C@@H](O)[C@H]2OC)cc1. The van der Waals surface area contributed by atoms with Gasteiger partial charge < -0.3 is 34.1 Å². The summed E-state index contributed by atoms with van der Waals surface area (Å²) in [7, 11) is 5.08. The monoisotopic (exact) mass is 699 g/mol. The van der Waals surface area contributed by atoms with Gasteiger partial charge in [0.15, 0.2) is 5.72 Å². The molecule has 50 heavy (non-hydrogen) atoms. The third-order valence-electron chi connectivity index (χ3n) is 9.00. The average molecular weight is 700 g/mol. The van der Waals surface area contributed by atoms with Crippen molar-refractivity contribution in [2.75, 3.05) is 35.0 Å². The number of amides is 1. The molecule has 5 rings (SSSR count). The maximum Gasteiger partial charge on any atom is 0.471 e. The fourth-order valence-electron chi connectivity index (χ4n) is 6.82. The van der Waals surface area contributed by atoms with Gasteiger partial charge in [0.1, 0.15) is 29.8 Å². The van der Waals surface area contributed by atoms with Crippen LogP contribution in [-0.2, 0) is 32.0 Å². The summed E-state index contributed by atoms with van der Waals surface area (Å²) in [6, 6.07) is 22.2. The van der Waals surface area contributed by atoms with Crippen LogP contribution in [0.5, 0.6) is 11.5 Å². The highest BCUT2D eigenvalue weighted by Gasteiger charge is 2.69. The predicted octanol–water partition coefficient (Wildman–Crippen LogP) is 2.53. The number of H-pyrrole nitrogens is 1. The van der Waals surface area contributed by atoms with Crippen LogP contribution in [0.2, 0.25) is 0 Å². The summed E-state index contributed by atoms with van der Waals surface area (Å²) in [5.74, 6) is -1.27. The molecule has 4 atom stereocenters. The minimum Gasteiger partial charge on any atom is -0.497 e. The van der Waals surface area contributed by atoms with Crippen LogP contribution in [0.25, 0.3) is 0 Å². The number of aromatic nitrogens is 2. The molecule has 12 nitrogen and oxygen atoms in total. The maximum atomic E-state index is 14.2. The van der Waals surface area contributed by atoms with Crippen LogP contribution in [0.4, 0.5) is 13.2 Å². The van der Waals surface area contributed by atoms with Crippen molar-refractivity contribution in [1.29, 1.82) is 0 Å². The number of carbonyl (C=O) groups is 1. The molecule has 1 aliphatic rings. The molecule has 0 unspecified atom stereocenters. The quantitative estimate of drug-likeness (QED) is 0.201. The Morgan fingerprint density at radius 3 is 1.90 bits per heavy atom. The van der Waals surface area contributed by atoms with Crippen LogP contribution >= 0.6 is 0 Å². The van der Waals surface area contributed by atoms with Gasteiger partial charge in [0.25, 0.3) is 5.56 Å². The summed E-state index contributed by atoms with van der Waals surface area (Å²) in [5.41, 5.74) is -5.18. The zero-order chi connectivity index (χ0) is 36.4. The molecule has 3 aromatic carbocycles. The second-order valence-corrected chi connectivity index (χ2v) is 11.7. The molecule has 4 aromatic rings. The van der Waals surface area contributed by atoms with E-state index in [1.165, 1.54) is 21.3 Å². The van der Waals surface area contributed by atoms with Crippen molar-refractivity contribution in [1.82, 2.24) is 14.5 Å². The number of aliphatic hydroxyl groups excluding tert-OH is 2. The lowest BCUT2D eigenvalue weighted by Gasteiger charge is -2.52. The highest BCUT2D eigenvalue weighted by atomic mass is 19.4. The Labute approximate surface area is 284 Å². The van der Waals surface area contributed by atoms with Crippen molar-refractivity contribution < 1.29 is 47.1 Å². The number of methoxy groups -OCH3 is 3. The van der Waals surface area contributed by atoms with E-state index in [4.69, 9.17) is 18.9 Å². The molecule has 1 aliphatic heterocycles. The lowest BCUT2D eigenvalue weighted by Crippen LogP contribution is -2.65. The number of aliphatic hydroxyl groups is 2. The minimum atomic E-state index is -5.24. The Bertz CT molecular complexity index is 1870. The van der Waals surface area contributed by atoms with Gasteiger partial charge in [-0.1, -0.05) is 54.6 Å². The summed E-state index contributed by atoms with van der Waals surface area (Å²) in [5, 5.41) is 22.2. The van der Waals surface area contributed by atoms with Gasteiger partial charge in [0.2, 0.25) is 0 Å². The van der Waals surface area contributed by atoms with Crippen LogP contribution in [0.1, 0.15) is 22.3 Å². The number of nitrogens with one attached hydrogen (secondary N) is 1. The fourth-order valence-corrected chi connectivity index (χ4v) is 6.82. The standard InChI is InChI=1S/C35H36F3N3O9/c1-40(31(45)35(36,37)38)18-21-19-41(32(46)39-30(21)44)34(29(49-4)28(43)27(20-42)50-34)33(22-8-6-5-7-9-22,23-10-14-25(47-2)15-11-23)24-12-16-26(48-3)17-13-24/h5-17,19,27-29,42-43H,18,20H2,1-4H3,(H,39,44,46)/t27-,28-,29-,34+/m1/s1. The molecule has 3 N–H and O–H groups in total. The first-order valence-electron chi connectivity index (χ1n) is 15.3. The Kier molecular flexibility index (Phi) is 10.3. The maximum absolute atomic E-state index is 14.2. The summed E-state index contributed by atoms with van der Waals surface area (Å²) in [4.78, 5) is 41.9. The Hall–Kier alpha value is -4.96. The molecule has 0 aliphatic carbocycles. The number of nitrogens with zero attached hydrogens (tertiary/aromatic N) is 2. The zero-order valence-electron chi connectivity index (χ0n) is 27.5. The number of hydrogen-bond acceptors (Lipinski definition) is 9. The van der Waals surface area contributed by atoms with Gasteiger partial charge >= 0.3 is 17.8 Å². The molecular formula is C35H36F3N3O9. The largest absolute Gasteiger partial charge is 0.497 e. The number of carbonyl (C=O) groups excluding carboxylic acids is 1. The molecule has 15 heteroatoms. The summed E-state index contributed by atoms with van der Waals surface area (Å²) in [6.45, 7) is -1.61. The van der Waals surface area contributed by atoms with Gasteiger partial charge in [0, 0.05) is 20.4 Å². The van der Waals surface area contributed by atoms with E-state index in [0.717, 1.165) is 17.8 Å². The van der Waals surface area contributed by atoms with Gasteiger partial charge in [0.05, 0.1) is 38.3 Å². The highest BCUT2D eigenvalue weighted by molar-refractivity contribution is 5.81. The lowest BCUT2D eigenvalue weighted by atomic mass is 9.60. The normalized spacial score (nSPS) is 20.8. The van der Waals surface area contributed by atoms with Crippen LogP contribution < -0.4 is 20.7 Å². The van der Waals surface area contributed by atoms with Gasteiger partial charge in [-0.25, -0.2) is 4.79 Å². The molecule has 1 aromatic heterocycles. The Balaban J connectivity index is 1.98. The molecule has 1 saturated heterocycles. The van der Waals surface area contributed by atoms with E-state index >= 15 is 0 Å². The van der Waals surface area contributed by atoms with E-state index < -0.39 is 71.5 Å². The molecule has 1 amide bonds. The van der Waals surface area contributed by atoms with E-state index in [9.17, 15) is 37.8 Å². The van der Waals surface area contributed by atoms with Crippen molar-refractivity contribution in [3.05, 3.63) is 128 Å². The number of halogens is 3. The van der Waals surface area contributed by atoms with E-state index in [1.54, 1.807) is 78.9 Å². The first-order valence-corrected chi connectivity index (χ1v) is 15.3. The summed E-state index contributed by atoms with van der Waals surface area (Å²) < 4.78 is 64.6. The summed E-state index contributed by atoms with van der Waals surface area (Å²) >= 11 is 0. The molecule has 2 heterocycles. The number of hydrogen-bond donors (Lipinski definition) is 3. The van der Waals surface area contributed by atoms with Crippen molar-refractivity contribution in [3.63, 3.8) is 0 Å². The number of aromatic amines is 1. The van der Waals surface area contributed by atoms with E-state index in [1.807, 2.05) is 0 Å². The van der Waals surface area contributed by atoms with Crippen LogP contribution in [-0.4, -0.2) is 90.0 Å². The minimum absolute atomic E-state index is 0.290. The number of ether oxygens (including phenoxy) is 4. The second-order valence-electron chi connectivity index (χ2n) is 11.7. The molecule has 0 spiro atoms. The van der Waals surface area contributed by atoms with Crippen LogP contribution in [0, 0.1) is 0 Å². The Morgan fingerprint density at radius 2 is 1.44 bits per heavy atom. The highest BCUT2D eigenvalue weighted by Crippen LogP contribution is 2.57. The molecule has 266 valence electrons. The fraction of sp³-hybridized carbons (Fsp3) is 0.343. The predicted molar refractivity (Wildman–Crippen MR) is 173 cm³/mol. The first kappa shape index (κ1) is 36.3. The second kappa shape index (κ2) is 14.1. The van der Waals surface area contributed by atoms with E-state index in [2.05, 4.69) is 4.98 Å². The lowest BCUT2D eigenvalue weighted by molar-refractivity contribution is -0.187.